The Kier molecular flexibility index (Phi) is 3.93. The average Bonchev–Trinajstić information content (AvgIpc) is 3.23. The third-order valence-electron chi connectivity index (χ3n) is 4.92. The van der Waals surface area contributed by atoms with Crippen LogP contribution >= 0.6 is 0 Å². The monoisotopic (exact) mass is 336 g/mol. The van der Waals surface area contributed by atoms with E-state index in [1.54, 1.807) is 6.07 Å². The first-order valence-electron chi connectivity index (χ1n) is 8.56. The first-order valence-corrected chi connectivity index (χ1v) is 8.56. The number of nitrogens with one attached hydrogen (secondary N) is 1. The molecule has 25 heavy (non-hydrogen) atoms. The van der Waals surface area contributed by atoms with Crippen LogP contribution in [0.2, 0.25) is 0 Å². The van der Waals surface area contributed by atoms with Gasteiger partial charge in [-0.15, -0.1) is 0 Å². The van der Waals surface area contributed by atoms with E-state index in [1.807, 2.05) is 6.07 Å². The number of hydrogen-bond donors (Lipinski definition) is 2. The summed E-state index contributed by atoms with van der Waals surface area (Å²) in [5.41, 5.74) is 9.18. The Hall–Kier alpha value is -2.79. The minimum Gasteiger partial charge on any atom is -0.450 e. The molecule has 2 atom stereocenters. The molecule has 0 radical (unpaired) electrons. The Balaban J connectivity index is 1.69. The van der Waals surface area contributed by atoms with Gasteiger partial charge in [-0.1, -0.05) is 23.8 Å². The Morgan fingerprint density at radius 1 is 1.28 bits per heavy atom. The van der Waals surface area contributed by atoms with Crippen molar-refractivity contribution in [3.8, 4) is 0 Å². The molecule has 1 amide bonds. The maximum atomic E-state index is 11.3. The van der Waals surface area contributed by atoms with E-state index in [1.165, 1.54) is 21.7 Å². The first-order chi connectivity index (χ1) is 12.1. The molecule has 0 spiro atoms. The maximum absolute atomic E-state index is 11.3. The van der Waals surface area contributed by atoms with E-state index in [9.17, 15) is 4.79 Å². The van der Waals surface area contributed by atoms with E-state index in [0.29, 0.717) is 0 Å². The van der Waals surface area contributed by atoms with Gasteiger partial charge in [0.1, 0.15) is 6.54 Å². The van der Waals surface area contributed by atoms with Crippen LogP contribution in [0.15, 0.2) is 59.1 Å². The number of amides is 1. The fourth-order valence-corrected chi connectivity index (χ4v) is 3.79. The summed E-state index contributed by atoms with van der Waals surface area (Å²) in [5.74, 6) is 0.493. The standard InChI is InChI=1S/C20H21N3O2/c1-14-4-2-5-15(12-14)19-17-6-3-9-22(17)10-11-23(19)13-16-7-8-18(25-16)20(21)24/h2-9,12,19H,10-11,13H2,1H3,(H2,21,24)/p+1/t19-/m0/s1. The van der Waals surface area contributed by atoms with Crippen molar-refractivity contribution < 1.29 is 14.1 Å². The number of rotatable bonds is 4. The summed E-state index contributed by atoms with van der Waals surface area (Å²) >= 11 is 0. The molecule has 2 aromatic heterocycles. The summed E-state index contributed by atoms with van der Waals surface area (Å²) in [6.45, 7) is 4.81. The van der Waals surface area contributed by atoms with Crippen LogP contribution in [0, 0.1) is 6.92 Å². The normalized spacial score (nSPS) is 19.6. The van der Waals surface area contributed by atoms with Crippen LogP contribution in [0.5, 0.6) is 0 Å². The van der Waals surface area contributed by atoms with E-state index < -0.39 is 5.91 Å². The van der Waals surface area contributed by atoms with Crippen LogP contribution in [0.3, 0.4) is 0 Å². The molecule has 0 saturated heterocycles. The van der Waals surface area contributed by atoms with Crippen molar-refractivity contribution in [1.29, 1.82) is 0 Å². The molecular weight excluding hydrogens is 314 g/mol. The quantitative estimate of drug-likeness (QED) is 0.761. The predicted octanol–water partition coefficient (Wildman–Crippen LogP) is 1.68. The van der Waals surface area contributed by atoms with Gasteiger partial charge in [0, 0.05) is 11.8 Å². The number of aryl methyl sites for hydroxylation is 1. The Morgan fingerprint density at radius 3 is 2.92 bits per heavy atom. The van der Waals surface area contributed by atoms with Crippen LogP contribution in [0.25, 0.3) is 0 Å². The van der Waals surface area contributed by atoms with Gasteiger partial charge in [-0.2, -0.15) is 0 Å². The highest BCUT2D eigenvalue weighted by Gasteiger charge is 2.33. The molecule has 3 N–H and O–H groups in total. The van der Waals surface area contributed by atoms with Crippen LogP contribution in [-0.2, 0) is 13.1 Å². The zero-order valence-corrected chi connectivity index (χ0v) is 14.2. The van der Waals surface area contributed by atoms with Crippen molar-refractivity contribution in [1.82, 2.24) is 4.57 Å². The molecule has 128 valence electrons. The summed E-state index contributed by atoms with van der Waals surface area (Å²) in [6.07, 6.45) is 2.15. The van der Waals surface area contributed by atoms with Crippen molar-refractivity contribution in [2.75, 3.05) is 6.54 Å². The van der Waals surface area contributed by atoms with Crippen LogP contribution in [-0.4, -0.2) is 17.0 Å². The number of quaternary nitrogens is 1. The molecule has 1 unspecified atom stereocenters. The molecule has 4 rings (SSSR count). The summed E-state index contributed by atoms with van der Waals surface area (Å²) in [4.78, 5) is 12.7. The largest absolute Gasteiger partial charge is 0.450 e. The van der Waals surface area contributed by atoms with Crippen molar-refractivity contribution in [3.63, 3.8) is 0 Å². The van der Waals surface area contributed by atoms with E-state index in [2.05, 4.69) is 54.1 Å². The van der Waals surface area contributed by atoms with Gasteiger partial charge in [0.25, 0.3) is 5.91 Å². The number of hydrogen-bond acceptors (Lipinski definition) is 2. The molecule has 0 aliphatic carbocycles. The highest BCUT2D eigenvalue weighted by molar-refractivity contribution is 5.89. The van der Waals surface area contributed by atoms with E-state index in [-0.39, 0.29) is 11.8 Å². The minimum absolute atomic E-state index is 0.224. The first kappa shape index (κ1) is 15.7. The number of carbonyl (C=O) groups is 1. The van der Waals surface area contributed by atoms with Gasteiger partial charge in [0.05, 0.1) is 18.8 Å². The van der Waals surface area contributed by atoms with Crippen molar-refractivity contribution in [3.05, 3.63) is 83.1 Å². The topological polar surface area (TPSA) is 65.6 Å². The highest BCUT2D eigenvalue weighted by atomic mass is 16.4. The summed E-state index contributed by atoms with van der Waals surface area (Å²) in [5, 5.41) is 0. The van der Waals surface area contributed by atoms with Crippen LogP contribution in [0.1, 0.15) is 39.2 Å². The van der Waals surface area contributed by atoms with Gasteiger partial charge >= 0.3 is 0 Å². The number of fused-ring (bicyclic) bond motifs is 1. The van der Waals surface area contributed by atoms with Crippen molar-refractivity contribution in [2.45, 2.75) is 26.1 Å². The Labute approximate surface area is 146 Å². The van der Waals surface area contributed by atoms with E-state index in [0.717, 1.165) is 25.4 Å². The number of benzene rings is 1. The molecule has 1 aromatic carbocycles. The van der Waals surface area contributed by atoms with Crippen molar-refractivity contribution >= 4 is 5.91 Å². The van der Waals surface area contributed by atoms with E-state index in [4.69, 9.17) is 10.2 Å². The second-order valence-corrected chi connectivity index (χ2v) is 6.69. The third-order valence-corrected chi connectivity index (χ3v) is 4.92. The fourth-order valence-electron chi connectivity index (χ4n) is 3.79. The number of carbonyl (C=O) groups excluding carboxylic acids is 1. The summed E-state index contributed by atoms with van der Waals surface area (Å²) in [6, 6.07) is 16.7. The SMILES string of the molecule is Cc1cccc([C@H]2c3cccn3CC[NH+]2Cc2ccc(C(N)=O)o2)c1. The van der Waals surface area contributed by atoms with Gasteiger partial charge in [-0.3, -0.25) is 4.79 Å². The summed E-state index contributed by atoms with van der Waals surface area (Å²) < 4.78 is 7.95. The number of nitrogens with two attached hydrogens (primary N) is 1. The molecule has 0 fully saturated rings. The Bertz CT molecular complexity index is 909. The summed E-state index contributed by atoms with van der Waals surface area (Å²) in [7, 11) is 0. The number of aromatic nitrogens is 1. The molecule has 5 heteroatoms. The smallest absolute Gasteiger partial charge is 0.284 e. The lowest BCUT2D eigenvalue weighted by molar-refractivity contribution is -0.944. The average molecular weight is 336 g/mol. The third kappa shape index (κ3) is 2.98. The molecule has 3 heterocycles. The lowest BCUT2D eigenvalue weighted by Gasteiger charge is -2.34. The van der Waals surface area contributed by atoms with Gasteiger partial charge in [-0.05, 0) is 37.3 Å². The molecule has 0 bridgehead atoms. The molecule has 5 nitrogen and oxygen atoms in total. The molecule has 1 aliphatic rings. The van der Waals surface area contributed by atoms with Crippen molar-refractivity contribution in [2.24, 2.45) is 5.73 Å². The Morgan fingerprint density at radius 2 is 2.16 bits per heavy atom. The predicted molar refractivity (Wildman–Crippen MR) is 94.2 cm³/mol. The number of furan rings is 1. The minimum atomic E-state index is -0.524. The zero-order valence-electron chi connectivity index (χ0n) is 14.2. The van der Waals surface area contributed by atoms with Gasteiger partial charge in [0.15, 0.2) is 17.6 Å². The second-order valence-electron chi connectivity index (χ2n) is 6.69. The molecule has 0 saturated carbocycles. The molecular formula is C20H22N3O2+. The lowest BCUT2D eigenvalue weighted by atomic mass is 9.98. The maximum Gasteiger partial charge on any atom is 0.284 e. The van der Waals surface area contributed by atoms with Gasteiger partial charge in [-0.25, -0.2) is 0 Å². The fraction of sp³-hybridized carbons (Fsp3) is 0.250. The number of nitrogens with zero attached hydrogens (tertiary/aromatic N) is 1. The second kappa shape index (κ2) is 6.26. The number of primary amides is 1. The van der Waals surface area contributed by atoms with E-state index >= 15 is 0 Å². The van der Waals surface area contributed by atoms with Gasteiger partial charge in [0.2, 0.25) is 0 Å². The lowest BCUT2D eigenvalue weighted by Crippen LogP contribution is -3.12. The van der Waals surface area contributed by atoms with Crippen LogP contribution < -0.4 is 10.6 Å². The van der Waals surface area contributed by atoms with Gasteiger partial charge < -0.3 is 19.6 Å². The zero-order chi connectivity index (χ0) is 17.4. The molecule has 3 aromatic rings. The molecule has 1 aliphatic heterocycles. The highest BCUT2D eigenvalue weighted by Crippen LogP contribution is 2.23. The van der Waals surface area contributed by atoms with Crippen LogP contribution in [0.4, 0.5) is 0 Å².